The summed E-state index contributed by atoms with van der Waals surface area (Å²) >= 11 is 0. The van der Waals surface area contributed by atoms with Gasteiger partial charge in [0.05, 0.1) is 23.1 Å². The summed E-state index contributed by atoms with van der Waals surface area (Å²) in [6.07, 6.45) is -0.105. The number of nitrogens with zero attached hydrogens (tertiary/aromatic N) is 3. The van der Waals surface area contributed by atoms with E-state index in [1.54, 1.807) is 41.1 Å². The van der Waals surface area contributed by atoms with Crippen LogP contribution in [-0.2, 0) is 34.0 Å². The number of ether oxygens (including phenoxy) is 1. The standard InChI is InChI=1S/C24H26F3N3O3S/c1-18-8-10-21(11-9-18)34(31,32)30(16-20-6-4-14-33-20)17-23-28-12-13-29(23)15-19-5-2-3-7-22(19)24(25,26)27/h2-3,5,7-13,20H,4,6,14-17H2,1H3. The number of sulfonamides is 1. The molecule has 182 valence electrons. The predicted molar refractivity (Wildman–Crippen MR) is 121 cm³/mol. The van der Waals surface area contributed by atoms with Gasteiger partial charge in [0.25, 0.3) is 0 Å². The Kier molecular flexibility index (Phi) is 7.11. The first-order valence-electron chi connectivity index (χ1n) is 11.0. The van der Waals surface area contributed by atoms with Crippen molar-refractivity contribution in [3.63, 3.8) is 0 Å². The van der Waals surface area contributed by atoms with E-state index in [4.69, 9.17) is 4.74 Å². The Morgan fingerprint density at radius 3 is 2.56 bits per heavy atom. The first-order chi connectivity index (χ1) is 16.1. The molecule has 2 heterocycles. The largest absolute Gasteiger partial charge is 0.416 e. The molecule has 0 amide bonds. The maximum atomic E-state index is 13.5. The molecule has 0 spiro atoms. The highest BCUT2D eigenvalue weighted by atomic mass is 32.2. The lowest BCUT2D eigenvalue weighted by Gasteiger charge is -2.25. The zero-order valence-electron chi connectivity index (χ0n) is 18.7. The number of alkyl halides is 3. The number of halogens is 3. The van der Waals surface area contributed by atoms with Crippen LogP contribution in [0.15, 0.2) is 65.8 Å². The lowest BCUT2D eigenvalue weighted by molar-refractivity contribution is -0.138. The van der Waals surface area contributed by atoms with Crippen molar-refractivity contribution in [3.8, 4) is 0 Å². The van der Waals surface area contributed by atoms with E-state index < -0.39 is 21.8 Å². The molecule has 1 aliphatic heterocycles. The second-order valence-corrected chi connectivity index (χ2v) is 10.3. The monoisotopic (exact) mass is 493 g/mol. The van der Waals surface area contributed by atoms with Gasteiger partial charge in [-0.05, 0) is 43.5 Å². The molecule has 1 unspecified atom stereocenters. The van der Waals surface area contributed by atoms with E-state index in [0.29, 0.717) is 12.4 Å². The van der Waals surface area contributed by atoms with E-state index in [2.05, 4.69) is 4.98 Å². The Balaban J connectivity index is 1.63. The van der Waals surface area contributed by atoms with Gasteiger partial charge in [-0.1, -0.05) is 35.9 Å². The summed E-state index contributed by atoms with van der Waals surface area (Å²) in [5, 5.41) is 0. The molecule has 1 fully saturated rings. The molecular weight excluding hydrogens is 467 g/mol. The van der Waals surface area contributed by atoms with Crippen LogP contribution in [-0.4, -0.2) is 41.5 Å². The summed E-state index contributed by atoms with van der Waals surface area (Å²) in [7, 11) is -3.88. The van der Waals surface area contributed by atoms with Crippen molar-refractivity contribution in [3.05, 3.63) is 83.4 Å². The average Bonchev–Trinajstić information content (AvgIpc) is 3.46. The van der Waals surface area contributed by atoms with Gasteiger partial charge in [0.1, 0.15) is 5.82 Å². The number of imidazole rings is 1. The zero-order valence-corrected chi connectivity index (χ0v) is 19.5. The molecule has 0 bridgehead atoms. The molecule has 10 heteroatoms. The first kappa shape index (κ1) is 24.4. The molecule has 34 heavy (non-hydrogen) atoms. The molecule has 0 saturated carbocycles. The van der Waals surface area contributed by atoms with Crippen LogP contribution in [0.5, 0.6) is 0 Å². The van der Waals surface area contributed by atoms with Crippen molar-refractivity contribution in [2.75, 3.05) is 13.2 Å². The van der Waals surface area contributed by atoms with Crippen LogP contribution in [0.1, 0.15) is 35.4 Å². The fourth-order valence-corrected chi connectivity index (χ4v) is 5.46. The van der Waals surface area contributed by atoms with Gasteiger partial charge in [-0.25, -0.2) is 13.4 Å². The number of benzene rings is 2. The quantitative estimate of drug-likeness (QED) is 0.459. The highest BCUT2D eigenvalue weighted by Gasteiger charge is 2.34. The average molecular weight is 494 g/mol. The van der Waals surface area contributed by atoms with Gasteiger partial charge < -0.3 is 9.30 Å². The molecule has 0 N–H and O–H groups in total. The third-order valence-electron chi connectivity index (χ3n) is 5.87. The number of aromatic nitrogens is 2. The third kappa shape index (κ3) is 5.51. The second kappa shape index (κ2) is 9.89. The van der Waals surface area contributed by atoms with Crippen molar-refractivity contribution in [1.82, 2.24) is 13.9 Å². The van der Waals surface area contributed by atoms with Crippen LogP contribution in [0.2, 0.25) is 0 Å². The number of rotatable bonds is 8. The minimum Gasteiger partial charge on any atom is -0.377 e. The minimum absolute atomic E-state index is 0.0800. The molecule has 1 aliphatic rings. The Hall–Kier alpha value is -2.69. The molecule has 4 rings (SSSR count). The van der Waals surface area contributed by atoms with Crippen LogP contribution < -0.4 is 0 Å². The van der Waals surface area contributed by atoms with Gasteiger partial charge >= 0.3 is 6.18 Å². The zero-order chi connectivity index (χ0) is 24.3. The summed E-state index contributed by atoms with van der Waals surface area (Å²) < 4.78 is 75.9. The Morgan fingerprint density at radius 1 is 1.15 bits per heavy atom. The SMILES string of the molecule is Cc1ccc(S(=O)(=O)N(Cc2nccn2Cc2ccccc2C(F)(F)F)CC2CCCO2)cc1. The topological polar surface area (TPSA) is 64.4 Å². The van der Waals surface area contributed by atoms with E-state index in [1.165, 1.54) is 22.6 Å². The van der Waals surface area contributed by atoms with E-state index >= 15 is 0 Å². The number of hydrogen-bond acceptors (Lipinski definition) is 4. The highest BCUT2D eigenvalue weighted by molar-refractivity contribution is 7.89. The molecule has 1 saturated heterocycles. The predicted octanol–water partition coefficient (Wildman–Crippen LogP) is 4.63. The molecule has 1 aromatic heterocycles. The van der Waals surface area contributed by atoms with Crippen molar-refractivity contribution in [1.29, 1.82) is 0 Å². The normalized spacial score (nSPS) is 16.9. The van der Waals surface area contributed by atoms with Crippen LogP contribution >= 0.6 is 0 Å². The van der Waals surface area contributed by atoms with Gasteiger partial charge in [-0.3, -0.25) is 0 Å². The fraction of sp³-hybridized carbons (Fsp3) is 0.375. The van der Waals surface area contributed by atoms with Gasteiger partial charge in [0, 0.05) is 32.1 Å². The van der Waals surface area contributed by atoms with Crippen LogP contribution in [0.25, 0.3) is 0 Å². The lowest BCUT2D eigenvalue weighted by Crippen LogP contribution is -2.37. The molecule has 2 aromatic carbocycles. The molecular formula is C24H26F3N3O3S. The number of hydrogen-bond donors (Lipinski definition) is 0. The molecule has 0 radical (unpaired) electrons. The maximum absolute atomic E-state index is 13.5. The molecule has 1 atom stereocenters. The first-order valence-corrected chi connectivity index (χ1v) is 12.4. The van der Waals surface area contributed by atoms with Gasteiger partial charge in [0.15, 0.2) is 0 Å². The van der Waals surface area contributed by atoms with Crippen molar-refractivity contribution >= 4 is 10.0 Å². The van der Waals surface area contributed by atoms with E-state index in [-0.39, 0.29) is 36.2 Å². The van der Waals surface area contributed by atoms with Crippen LogP contribution in [0, 0.1) is 6.92 Å². The summed E-state index contributed by atoms with van der Waals surface area (Å²) in [6.45, 7) is 2.42. The molecule has 3 aromatic rings. The van der Waals surface area contributed by atoms with E-state index in [1.807, 2.05) is 6.92 Å². The number of aryl methyl sites for hydroxylation is 1. The lowest BCUT2D eigenvalue weighted by atomic mass is 10.1. The van der Waals surface area contributed by atoms with Crippen molar-refractivity contribution < 1.29 is 26.3 Å². The highest BCUT2D eigenvalue weighted by Crippen LogP contribution is 2.32. The second-order valence-electron chi connectivity index (χ2n) is 8.37. The van der Waals surface area contributed by atoms with Gasteiger partial charge in [-0.15, -0.1) is 0 Å². The fourth-order valence-electron chi connectivity index (χ4n) is 4.03. The Morgan fingerprint density at radius 2 is 1.88 bits per heavy atom. The van der Waals surface area contributed by atoms with E-state index in [0.717, 1.165) is 24.5 Å². The maximum Gasteiger partial charge on any atom is 0.416 e. The summed E-state index contributed by atoms with van der Waals surface area (Å²) in [5.74, 6) is 0.352. The van der Waals surface area contributed by atoms with Crippen LogP contribution in [0.4, 0.5) is 13.2 Å². The van der Waals surface area contributed by atoms with Gasteiger partial charge in [0.2, 0.25) is 10.0 Å². The summed E-state index contributed by atoms with van der Waals surface area (Å²) in [4.78, 5) is 4.42. The van der Waals surface area contributed by atoms with Crippen molar-refractivity contribution in [2.24, 2.45) is 0 Å². The van der Waals surface area contributed by atoms with Crippen molar-refractivity contribution in [2.45, 2.75) is 50.0 Å². The van der Waals surface area contributed by atoms with Gasteiger partial charge in [-0.2, -0.15) is 17.5 Å². The Labute approximate surface area is 197 Å². The smallest absolute Gasteiger partial charge is 0.377 e. The van der Waals surface area contributed by atoms with E-state index in [9.17, 15) is 21.6 Å². The van der Waals surface area contributed by atoms with Crippen LogP contribution in [0.3, 0.4) is 0 Å². The minimum atomic E-state index is -4.49. The molecule has 6 nitrogen and oxygen atoms in total. The molecule has 0 aliphatic carbocycles. The third-order valence-corrected chi connectivity index (χ3v) is 7.70. The summed E-state index contributed by atoms with van der Waals surface area (Å²) in [6, 6.07) is 11.9. The Bertz CT molecular complexity index is 1220. The summed E-state index contributed by atoms with van der Waals surface area (Å²) in [5.41, 5.74) is 0.294.